The number of rotatable bonds is 1. The van der Waals surface area contributed by atoms with Crippen molar-refractivity contribution in [2.75, 3.05) is 0 Å². The second-order valence-electron chi connectivity index (χ2n) is 7.51. The quantitative estimate of drug-likeness (QED) is 0.400. The maximum Gasteiger partial charge on any atom is 0.141 e. The number of hydrogen-bond donors (Lipinski definition) is 0. The summed E-state index contributed by atoms with van der Waals surface area (Å²) in [6.45, 7) is 2.13. The van der Waals surface area contributed by atoms with Gasteiger partial charge in [-0.25, -0.2) is 4.98 Å². The van der Waals surface area contributed by atoms with E-state index in [1.54, 1.807) is 0 Å². The minimum atomic E-state index is 0.862. The molecule has 0 unspecified atom stereocenters. The highest BCUT2D eigenvalue weighted by Gasteiger charge is 2.15. The lowest BCUT2D eigenvalue weighted by atomic mass is 9.94. The Balaban J connectivity index is 1.73. The molecule has 0 atom stereocenters. The molecule has 3 nitrogen and oxygen atoms in total. The maximum atomic E-state index is 6.10. The summed E-state index contributed by atoms with van der Waals surface area (Å²) in [5, 5.41) is 4.65. The van der Waals surface area contributed by atoms with Crippen LogP contribution in [0.5, 0.6) is 0 Å². The topological polar surface area (TPSA) is 31.0 Å². The summed E-state index contributed by atoms with van der Waals surface area (Å²) in [6.07, 6.45) is 1.93. The summed E-state index contributed by atoms with van der Waals surface area (Å²) in [5.74, 6) is 0.876. The molecule has 3 heterocycles. The molecule has 0 aliphatic rings. The Morgan fingerprint density at radius 1 is 0.786 bits per heavy atom. The largest absolute Gasteiger partial charge is 0.456 e. The summed E-state index contributed by atoms with van der Waals surface area (Å²) in [4.78, 5) is 4.83. The average Bonchev–Trinajstić information content (AvgIpc) is 3.22. The Labute approximate surface area is 162 Å². The van der Waals surface area contributed by atoms with Crippen molar-refractivity contribution in [1.82, 2.24) is 9.55 Å². The molecule has 0 saturated carbocycles. The molecule has 0 saturated heterocycles. The third kappa shape index (κ3) is 2.09. The van der Waals surface area contributed by atoms with Crippen LogP contribution in [-0.2, 0) is 0 Å². The molecule has 0 aliphatic heterocycles. The van der Waals surface area contributed by atoms with Crippen LogP contribution in [0.15, 0.2) is 77.3 Å². The van der Waals surface area contributed by atoms with Crippen molar-refractivity contribution in [2.45, 2.75) is 6.92 Å². The van der Waals surface area contributed by atoms with Gasteiger partial charge in [-0.1, -0.05) is 47.9 Å². The summed E-state index contributed by atoms with van der Waals surface area (Å²) in [5.41, 5.74) is 6.58. The molecule has 0 fully saturated rings. The highest BCUT2D eigenvalue weighted by Crippen LogP contribution is 2.34. The summed E-state index contributed by atoms with van der Waals surface area (Å²) in [7, 11) is 2.13. The van der Waals surface area contributed by atoms with Crippen LogP contribution >= 0.6 is 0 Å². The first kappa shape index (κ1) is 15.5. The van der Waals surface area contributed by atoms with Crippen LogP contribution in [0.1, 0.15) is 5.56 Å². The molecule has 6 rings (SSSR count). The number of hydrogen-bond acceptors (Lipinski definition) is 2. The fraction of sp³-hybridized carbons (Fsp3) is 0.0417. The van der Waals surface area contributed by atoms with Crippen molar-refractivity contribution in [2.24, 2.45) is 0 Å². The molecule has 0 amide bonds. The van der Waals surface area contributed by atoms with Gasteiger partial charge in [0.15, 0.2) is 0 Å². The number of aryl methyl sites for hydroxylation is 1. The van der Waals surface area contributed by atoms with Gasteiger partial charge in [-0.3, -0.25) is 4.57 Å². The van der Waals surface area contributed by atoms with Crippen LogP contribution in [0.2, 0.25) is 0 Å². The number of para-hydroxylation sites is 1. The van der Waals surface area contributed by atoms with E-state index in [9.17, 15) is 0 Å². The maximum absolute atomic E-state index is 6.10. The van der Waals surface area contributed by atoms with E-state index in [2.05, 4.69) is 67.9 Å². The van der Waals surface area contributed by atoms with Gasteiger partial charge in [0.2, 0.25) is 0 Å². The molecule has 4 heteroatoms. The van der Waals surface area contributed by atoms with E-state index in [0.29, 0.717) is 0 Å². The monoisotopic (exact) mass is 360 g/mol. The van der Waals surface area contributed by atoms with Gasteiger partial charge in [-0.15, -0.1) is 0 Å². The van der Waals surface area contributed by atoms with Crippen molar-refractivity contribution in [1.29, 1.82) is 0 Å². The predicted octanol–water partition coefficient (Wildman–Crippen LogP) is 4.64. The van der Waals surface area contributed by atoms with Crippen LogP contribution in [0.25, 0.3) is 49.6 Å². The van der Waals surface area contributed by atoms with Crippen molar-refractivity contribution < 1.29 is 4.42 Å². The van der Waals surface area contributed by atoms with E-state index in [0.717, 1.165) is 33.3 Å². The van der Waals surface area contributed by atoms with Crippen molar-refractivity contribution >= 4 is 57.1 Å². The summed E-state index contributed by atoms with van der Waals surface area (Å²) < 4.78 is 8.34. The predicted molar refractivity (Wildman–Crippen MR) is 119 cm³/mol. The normalized spacial score (nSPS) is 11.9. The van der Waals surface area contributed by atoms with Crippen molar-refractivity contribution in [3.63, 3.8) is 0 Å². The van der Waals surface area contributed by atoms with Gasteiger partial charge in [0.05, 0.1) is 11.0 Å². The fourth-order valence-corrected chi connectivity index (χ4v) is 4.22. The zero-order valence-corrected chi connectivity index (χ0v) is 15.7. The minimum absolute atomic E-state index is 0.862. The molecule has 3 aromatic carbocycles. The molecular weight excluding hydrogens is 343 g/mol. The standard InChI is InChI=1S/C24H17BN2O/c1-14-6-8-16-18-11-15(25)7-9-20(18)27(21(16)10-14)24-12-23-19(13-26-24)17-4-2-3-5-22(17)28-23/h2-13H,25H2,1H3. The summed E-state index contributed by atoms with van der Waals surface area (Å²) in [6, 6.07) is 23.4. The van der Waals surface area contributed by atoms with Gasteiger partial charge >= 0.3 is 0 Å². The van der Waals surface area contributed by atoms with Crippen LogP contribution in [0.4, 0.5) is 0 Å². The van der Waals surface area contributed by atoms with Crippen LogP contribution in [0.3, 0.4) is 0 Å². The Bertz CT molecular complexity index is 1540. The first-order chi connectivity index (χ1) is 13.7. The SMILES string of the molecule is Bc1ccc2c(c1)c1ccc(C)cc1n2-c1cc2oc3ccccc3c2cn1. The second-order valence-corrected chi connectivity index (χ2v) is 7.51. The molecule has 0 spiro atoms. The van der Waals surface area contributed by atoms with Gasteiger partial charge in [0.25, 0.3) is 0 Å². The first-order valence-electron chi connectivity index (χ1n) is 9.48. The van der Waals surface area contributed by atoms with Gasteiger partial charge in [0.1, 0.15) is 24.8 Å². The highest BCUT2D eigenvalue weighted by atomic mass is 16.3. The molecule has 0 radical (unpaired) electrons. The smallest absolute Gasteiger partial charge is 0.141 e. The lowest BCUT2D eigenvalue weighted by molar-refractivity contribution is 0.668. The number of nitrogens with zero attached hydrogens (tertiary/aromatic N) is 2. The third-order valence-electron chi connectivity index (χ3n) is 5.56. The lowest BCUT2D eigenvalue weighted by Crippen LogP contribution is -2.01. The molecule has 132 valence electrons. The van der Waals surface area contributed by atoms with E-state index >= 15 is 0 Å². The second kappa shape index (κ2) is 5.49. The Morgan fingerprint density at radius 3 is 2.61 bits per heavy atom. The number of pyridine rings is 1. The first-order valence-corrected chi connectivity index (χ1v) is 9.48. The molecule has 0 aliphatic carbocycles. The summed E-state index contributed by atoms with van der Waals surface area (Å²) >= 11 is 0. The Kier molecular flexibility index (Phi) is 3.04. The molecule has 6 aromatic rings. The molecule has 0 bridgehead atoms. The average molecular weight is 360 g/mol. The Hall–Kier alpha value is -3.53. The van der Waals surface area contributed by atoms with Crippen molar-refractivity contribution in [3.8, 4) is 5.82 Å². The van der Waals surface area contributed by atoms with Gasteiger partial charge in [-0.05, 0) is 30.7 Å². The molecule has 28 heavy (non-hydrogen) atoms. The molecule has 3 aromatic heterocycles. The van der Waals surface area contributed by atoms with E-state index in [4.69, 9.17) is 9.40 Å². The third-order valence-corrected chi connectivity index (χ3v) is 5.56. The zero-order chi connectivity index (χ0) is 18.8. The van der Waals surface area contributed by atoms with E-state index in [1.165, 1.54) is 27.3 Å². The molecular formula is C24H17BN2O. The zero-order valence-electron chi connectivity index (χ0n) is 15.7. The fourth-order valence-electron chi connectivity index (χ4n) is 4.22. The number of benzene rings is 3. The number of fused-ring (bicyclic) bond motifs is 6. The van der Waals surface area contributed by atoms with E-state index in [1.807, 2.05) is 24.4 Å². The number of furan rings is 1. The van der Waals surface area contributed by atoms with Crippen LogP contribution < -0.4 is 5.46 Å². The van der Waals surface area contributed by atoms with E-state index < -0.39 is 0 Å². The van der Waals surface area contributed by atoms with Gasteiger partial charge in [-0.2, -0.15) is 0 Å². The van der Waals surface area contributed by atoms with Crippen molar-refractivity contribution in [3.05, 3.63) is 78.5 Å². The van der Waals surface area contributed by atoms with Gasteiger partial charge < -0.3 is 4.42 Å². The minimum Gasteiger partial charge on any atom is -0.456 e. The lowest BCUT2D eigenvalue weighted by Gasteiger charge is -2.07. The Morgan fingerprint density at radius 2 is 1.68 bits per heavy atom. The van der Waals surface area contributed by atoms with Gasteiger partial charge in [0, 0.05) is 33.8 Å². The van der Waals surface area contributed by atoms with Crippen LogP contribution in [-0.4, -0.2) is 17.4 Å². The van der Waals surface area contributed by atoms with Crippen LogP contribution in [0, 0.1) is 6.92 Å². The number of aromatic nitrogens is 2. The van der Waals surface area contributed by atoms with E-state index in [-0.39, 0.29) is 0 Å². The highest BCUT2D eigenvalue weighted by molar-refractivity contribution is 6.34. The molecule has 0 N–H and O–H groups in total.